The van der Waals surface area contributed by atoms with E-state index in [9.17, 15) is 35.8 Å². The summed E-state index contributed by atoms with van der Waals surface area (Å²) in [6.07, 6.45) is -5.51. The van der Waals surface area contributed by atoms with Crippen LogP contribution in [0.4, 0.5) is 30.7 Å². The molecule has 0 radical (unpaired) electrons. The van der Waals surface area contributed by atoms with Crippen LogP contribution >= 0.6 is 0 Å². The van der Waals surface area contributed by atoms with E-state index in [1.165, 1.54) is 12.1 Å². The van der Waals surface area contributed by atoms with E-state index in [0.717, 1.165) is 29.3 Å². The molecule has 37 heavy (non-hydrogen) atoms. The van der Waals surface area contributed by atoms with E-state index in [2.05, 4.69) is 25.5 Å². The van der Waals surface area contributed by atoms with Crippen LogP contribution in [0, 0.1) is 11.6 Å². The van der Waals surface area contributed by atoms with Crippen molar-refractivity contribution >= 4 is 0 Å². The largest absolute Gasteiger partial charge is 0.486 e. The Bertz CT molecular complexity index is 1340. The second-order valence-corrected chi connectivity index (χ2v) is 7.69. The molecule has 4 aromatic rings. The summed E-state index contributed by atoms with van der Waals surface area (Å²) >= 11 is 0. The summed E-state index contributed by atoms with van der Waals surface area (Å²) < 4.78 is 101. The summed E-state index contributed by atoms with van der Waals surface area (Å²) in [4.78, 5) is 7.68. The van der Waals surface area contributed by atoms with Gasteiger partial charge in [-0.3, -0.25) is 9.97 Å². The van der Waals surface area contributed by atoms with Crippen molar-refractivity contribution < 1.29 is 40.6 Å². The van der Waals surface area contributed by atoms with Crippen molar-refractivity contribution in [2.45, 2.75) is 30.9 Å². The Morgan fingerprint density at radius 3 is 2.30 bits per heavy atom. The number of tetrazole rings is 1. The second-order valence-electron chi connectivity index (χ2n) is 7.69. The van der Waals surface area contributed by atoms with Crippen LogP contribution in [0.15, 0.2) is 61.2 Å². The van der Waals surface area contributed by atoms with Gasteiger partial charge in [0.05, 0.1) is 23.1 Å². The molecule has 2 atom stereocenters. The van der Waals surface area contributed by atoms with Crippen molar-refractivity contribution in [1.82, 2.24) is 30.2 Å². The lowest BCUT2D eigenvalue weighted by Crippen LogP contribution is -2.45. The molecule has 0 aliphatic heterocycles. The standard InChI is InChI=1S/C22H15F7N6O2/c23-13-2-5-16(17(24)7-13)21(36,20(25)26)19(35-11-32-33-34-35)18-6-4-15(9-31-18)37-10-14-3-1-12(8-30-14)22(27,28)29/h1-9,11,19-20,36H,10H2. The van der Waals surface area contributed by atoms with Gasteiger partial charge >= 0.3 is 6.18 Å². The molecule has 0 fully saturated rings. The number of aliphatic hydroxyl groups is 1. The quantitative estimate of drug-likeness (QED) is 0.344. The van der Waals surface area contributed by atoms with E-state index in [1.807, 2.05) is 0 Å². The number of hydrogen-bond acceptors (Lipinski definition) is 7. The minimum atomic E-state index is -4.54. The maximum absolute atomic E-state index is 14.5. The van der Waals surface area contributed by atoms with Crippen LogP contribution in [0.5, 0.6) is 5.75 Å². The van der Waals surface area contributed by atoms with Gasteiger partial charge in [0.15, 0.2) is 5.60 Å². The predicted molar refractivity (Wildman–Crippen MR) is 110 cm³/mol. The van der Waals surface area contributed by atoms with Gasteiger partial charge in [0, 0.05) is 17.8 Å². The minimum absolute atomic E-state index is 0.0782. The SMILES string of the molecule is OC(c1ccc(F)cc1F)(C(F)F)C(c1ccc(OCc2ccc(C(F)(F)F)cn2)cn1)n1cnnn1. The number of pyridine rings is 2. The fourth-order valence-electron chi connectivity index (χ4n) is 3.52. The van der Waals surface area contributed by atoms with Crippen LogP contribution in [-0.2, 0) is 18.4 Å². The van der Waals surface area contributed by atoms with E-state index in [-0.39, 0.29) is 23.7 Å². The zero-order valence-corrected chi connectivity index (χ0v) is 18.3. The Morgan fingerprint density at radius 1 is 0.973 bits per heavy atom. The van der Waals surface area contributed by atoms with Crippen molar-refractivity contribution in [2.24, 2.45) is 0 Å². The molecule has 15 heteroatoms. The molecule has 2 unspecified atom stereocenters. The average Bonchev–Trinajstić information content (AvgIpc) is 3.37. The van der Waals surface area contributed by atoms with Crippen LogP contribution in [0.3, 0.4) is 0 Å². The molecule has 194 valence electrons. The highest BCUT2D eigenvalue weighted by Gasteiger charge is 2.52. The smallest absolute Gasteiger partial charge is 0.417 e. The zero-order chi connectivity index (χ0) is 26.8. The Balaban J connectivity index is 1.62. The highest BCUT2D eigenvalue weighted by atomic mass is 19.4. The fraction of sp³-hybridized carbons (Fsp3) is 0.227. The first-order chi connectivity index (χ1) is 17.5. The Labute approximate surface area is 203 Å². The molecule has 0 saturated heterocycles. The molecule has 0 amide bonds. The van der Waals surface area contributed by atoms with Gasteiger partial charge in [0.2, 0.25) is 0 Å². The van der Waals surface area contributed by atoms with E-state index < -0.39 is 47.0 Å². The number of halogens is 7. The average molecular weight is 528 g/mol. The molecule has 0 aliphatic rings. The molecular weight excluding hydrogens is 513 g/mol. The van der Waals surface area contributed by atoms with Crippen molar-refractivity contribution in [3.8, 4) is 5.75 Å². The van der Waals surface area contributed by atoms with Crippen LogP contribution < -0.4 is 4.74 Å². The number of aromatic nitrogens is 6. The minimum Gasteiger partial charge on any atom is -0.486 e. The lowest BCUT2D eigenvalue weighted by molar-refractivity contribution is -0.137. The number of benzene rings is 1. The van der Waals surface area contributed by atoms with E-state index >= 15 is 0 Å². The third kappa shape index (κ3) is 5.35. The molecular formula is C22H15F7N6O2. The molecule has 8 nitrogen and oxygen atoms in total. The number of rotatable bonds is 8. The van der Waals surface area contributed by atoms with E-state index in [0.29, 0.717) is 24.4 Å². The van der Waals surface area contributed by atoms with Crippen LogP contribution in [0.2, 0.25) is 0 Å². The van der Waals surface area contributed by atoms with Crippen LogP contribution in [0.25, 0.3) is 0 Å². The number of alkyl halides is 5. The van der Waals surface area contributed by atoms with E-state index in [1.54, 1.807) is 0 Å². The van der Waals surface area contributed by atoms with Crippen molar-refractivity contribution in [3.05, 3.63) is 95.3 Å². The van der Waals surface area contributed by atoms with Gasteiger partial charge in [0.25, 0.3) is 6.43 Å². The topological polar surface area (TPSA) is 98.8 Å². The van der Waals surface area contributed by atoms with Crippen molar-refractivity contribution in [2.75, 3.05) is 0 Å². The monoisotopic (exact) mass is 528 g/mol. The van der Waals surface area contributed by atoms with Gasteiger partial charge < -0.3 is 9.84 Å². The highest BCUT2D eigenvalue weighted by Crippen LogP contribution is 2.43. The first kappa shape index (κ1) is 25.9. The summed E-state index contributed by atoms with van der Waals surface area (Å²) in [6.45, 7) is -0.239. The van der Waals surface area contributed by atoms with Gasteiger partial charge in [0.1, 0.15) is 36.4 Å². The molecule has 3 heterocycles. The maximum Gasteiger partial charge on any atom is 0.417 e. The Hall–Kier alpha value is -4.14. The number of nitrogens with zero attached hydrogens (tertiary/aromatic N) is 6. The Kier molecular flexibility index (Phi) is 7.07. The third-order valence-electron chi connectivity index (χ3n) is 5.32. The lowest BCUT2D eigenvalue weighted by Gasteiger charge is -2.35. The summed E-state index contributed by atoms with van der Waals surface area (Å²) in [5.74, 6) is -2.39. The Morgan fingerprint density at radius 2 is 1.76 bits per heavy atom. The van der Waals surface area contributed by atoms with Crippen LogP contribution in [-0.4, -0.2) is 41.7 Å². The molecule has 0 spiro atoms. The molecule has 3 aromatic heterocycles. The second kappa shape index (κ2) is 10.1. The first-order valence-corrected chi connectivity index (χ1v) is 10.3. The molecule has 1 N–H and O–H groups in total. The predicted octanol–water partition coefficient (Wildman–Crippen LogP) is 4.08. The lowest BCUT2D eigenvalue weighted by atomic mass is 9.84. The molecule has 0 bridgehead atoms. The highest BCUT2D eigenvalue weighted by molar-refractivity contribution is 5.32. The first-order valence-electron chi connectivity index (χ1n) is 10.3. The summed E-state index contributed by atoms with van der Waals surface area (Å²) in [7, 11) is 0. The zero-order valence-electron chi connectivity index (χ0n) is 18.3. The third-order valence-corrected chi connectivity index (χ3v) is 5.32. The van der Waals surface area contributed by atoms with Gasteiger partial charge in [-0.15, -0.1) is 5.10 Å². The van der Waals surface area contributed by atoms with E-state index in [4.69, 9.17) is 4.74 Å². The molecule has 1 aromatic carbocycles. The normalized spacial score (nSPS) is 14.4. The van der Waals surface area contributed by atoms with Crippen molar-refractivity contribution in [3.63, 3.8) is 0 Å². The number of hydrogen-bond donors (Lipinski definition) is 1. The van der Waals surface area contributed by atoms with Gasteiger partial charge in [-0.05, 0) is 46.8 Å². The molecule has 4 rings (SSSR count). The van der Waals surface area contributed by atoms with Gasteiger partial charge in [-0.2, -0.15) is 13.2 Å². The summed E-state index contributed by atoms with van der Waals surface area (Å²) in [5.41, 5.74) is -5.20. The number of ether oxygens (including phenoxy) is 1. The molecule has 0 saturated carbocycles. The summed E-state index contributed by atoms with van der Waals surface area (Å²) in [6, 6.07) is 4.28. The van der Waals surface area contributed by atoms with Crippen LogP contribution in [0.1, 0.15) is 28.6 Å². The molecule has 0 aliphatic carbocycles. The summed E-state index contributed by atoms with van der Waals surface area (Å²) in [5, 5.41) is 21.4. The van der Waals surface area contributed by atoms with Crippen molar-refractivity contribution in [1.29, 1.82) is 0 Å². The van der Waals surface area contributed by atoms with Gasteiger partial charge in [-0.1, -0.05) is 0 Å². The fourth-order valence-corrected chi connectivity index (χ4v) is 3.52. The maximum atomic E-state index is 14.5. The van der Waals surface area contributed by atoms with Gasteiger partial charge in [-0.25, -0.2) is 22.2 Å².